The minimum Gasteiger partial charge on any atom is -0.480 e. The predicted molar refractivity (Wildman–Crippen MR) is 98.6 cm³/mol. The van der Waals surface area contributed by atoms with Crippen LogP contribution in [0.25, 0.3) is 0 Å². The quantitative estimate of drug-likeness (QED) is 0.911. The van der Waals surface area contributed by atoms with Crippen LogP contribution in [0.1, 0.15) is 12.8 Å². The van der Waals surface area contributed by atoms with Crippen molar-refractivity contribution in [3.8, 4) is 5.75 Å². The van der Waals surface area contributed by atoms with Gasteiger partial charge in [-0.25, -0.2) is 4.98 Å². The zero-order valence-electron chi connectivity index (χ0n) is 14.4. The molecule has 0 saturated carbocycles. The molecule has 0 atom stereocenters. The van der Waals surface area contributed by atoms with Gasteiger partial charge in [0.25, 0.3) is 5.91 Å². The molecule has 2 aromatic rings. The lowest BCUT2D eigenvalue weighted by Crippen LogP contribution is -2.43. The van der Waals surface area contributed by atoms with E-state index in [0.717, 1.165) is 13.1 Å². The third kappa shape index (κ3) is 3.33. The van der Waals surface area contributed by atoms with Crippen LogP contribution in [0.4, 0.5) is 17.2 Å². The molecular formula is C19H20N4O3. The molecule has 0 bridgehead atoms. The molecule has 0 unspecified atom stereocenters. The molecule has 1 aromatic carbocycles. The second-order valence-corrected chi connectivity index (χ2v) is 6.38. The van der Waals surface area contributed by atoms with Crippen LogP contribution >= 0.6 is 0 Å². The van der Waals surface area contributed by atoms with E-state index in [0.29, 0.717) is 17.3 Å². The van der Waals surface area contributed by atoms with E-state index in [4.69, 9.17) is 4.74 Å². The monoisotopic (exact) mass is 352 g/mol. The highest BCUT2D eigenvalue weighted by Gasteiger charge is 2.28. The largest absolute Gasteiger partial charge is 0.480 e. The maximum absolute atomic E-state index is 12.4. The number of carbonyl (C=O) groups excluding carboxylic acids is 2. The molecule has 1 saturated heterocycles. The van der Waals surface area contributed by atoms with Crippen molar-refractivity contribution in [1.82, 2.24) is 4.98 Å². The molecule has 7 heteroatoms. The number of nitrogens with zero attached hydrogens (tertiary/aromatic N) is 3. The number of rotatable bonds is 4. The van der Waals surface area contributed by atoms with Crippen molar-refractivity contribution >= 4 is 29.0 Å². The number of pyridine rings is 1. The molecule has 3 heterocycles. The number of benzene rings is 1. The van der Waals surface area contributed by atoms with Gasteiger partial charge in [-0.05, 0) is 49.2 Å². The van der Waals surface area contributed by atoms with Gasteiger partial charge in [0.1, 0.15) is 6.54 Å². The summed E-state index contributed by atoms with van der Waals surface area (Å²) in [5, 5.41) is 2.84. The van der Waals surface area contributed by atoms with Crippen LogP contribution in [0.5, 0.6) is 5.75 Å². The number of fused-ring (bicyclic) bond motifs is 1. The first-order valence-electron chi connectivity index (χ1n) is 8.74. The standard InChI is InChI=1S/C19H20N4O3/c24-17(12-23-18(25)13-26-16-4-3-9-20-19(16)23)21-14-5-7-15(8-6-14)22-10-1-2-11-22/h3-9H,1-2,10-13H2,(H,21,24). The number of nitrogens with one attached hydrogen (secondary N) is 1. The summed E-state index contributed by atoms with van der Waals surface area (Å²) >= 11 is 0. The number of anilines is 3. The number of carbonyl (C=O) groups is 2. The second-order valence-electron chi connectivity index (χ2n) is 6.38. The Bertz CT molecular complexity index is 816. The van der Waals surface area contributed by atoms with Crippen LogP contribution in [0.15, 0.2) is 42.6 Å². The maximum atomic E-state index is 12.4. The van der Waals surface area contributed by atoms with E-state index >= 15 is 0 Å². The summed E-state index contributed by atoms with van der Waals surface area (Å²) in [5.74, 6) is 0.333. The maximum Gasteiger partial charge on any atom is 0.266 e. The molecule has 2 aliphatic rings. The van der Waals surface area contributed by atoms with Crippen molar-refractivity contribution in [1.29, 1.82) is 0 Å². The summed E-state index contributed by atoms with van der Waals surface area (Å²) in [4.78, 5) is 32.4. The summed E-state index contributed by atoms with van der Waals surface area (Å²) in [6.45, 7) is 1.98. The van der Waals surface area contributed by atoms with Crippen LogP contribution in [0.2, 0.25) is 0 Å². The number of amides is 2. The molecule has 1 aromatic heterocycles. The lowest BCUT2D eigenvalue weighted by Gasteiger charge is -2.27. The molecule has 0 spiro atoms. The second kappa shape index (κ2) is 7.03. The zero-order chi connectivity index (χ0) is 17.9. The van der Waals surface area contributed by atoms with Crippen molar-refractivity contribution in [2.24, 2.45) is 0 Å². The van der Waals surface area contributed by atoms with Crippen LogP contribution in [-0.2, 0) is 9.59 Å². The van der Waals surface area contributed by atoms with E-state index in [9.17, 15) is 9.59 Å². The highest BCUT2D eigenvalue weighted by atomic mass is 16.5. The topological polar surface area (TPSA) is 74.8 Å². The molecular weight excluding hydrogens is 332 g/mol. The lowest BCUT2D eigenvalue weighted by atomic mass is 10.2. The van der Waals surface area contributed by atoms with Crippen LogP contribution in [0.3, 0.4) is 0 Å². The van der Waals surface area contributed by atoms with Crippen molar-refractivity contribution < 1.29 is 14.3 Å². The van der Waals surface area contributed by atoms with Gasteiger partial charge in [0.15, 0.2) is 18.2 Å². The van der Waals surface area contributed by atoms with Crippen molar-refractivity contribution in [3.63, 3.8) is 0 Å². The van der Waals surface area contributed by atoms with Gasteiger partial charge in [0.2, 0.25) is 5.91 Å². The third-order valence-electron chi connectivity index (χ3n) is 4.58. The van der Waals surface area contributed by atoms with Crippen LogP contribution in [0, 0.1) is 0 Å². The Hall–Kier alpha value is -3.09. The van der Waals surface area contributed by atoms with E-state index in [1.165, 1.54) is 23.4 Å². The summed E-state index contributed by atoms with van der Waals surface area (Å²) in [6, 6.07) is 11.3. The summed E-state index contributed by atoms with van der Waals surface area (Å²) in [5.41, 5.74) is 1.88. The molecule has 2 amide bonds. The Morgan fingerprint density at radius 3 is 2.69 bits per heavy atom. The lowest BCUT2D eigenvalue weighted by molar-refractivity contribution is -0.123. The minimum atomic E-state index is -0.282. The highest BCUT2D eigenvalue weighted by Crippen LogP contribution is 2.29. The van der Waals surface area contributed by atoms with Gasteiger partial charge in [-0.15, -0.1) is 0 Å². The SMILES string of the molecule is O=C(CN1C(=O)COc2cccnc21)Nc1ccc(N2CCCC2)cc1. The van der Waals surface area contributed by atoms with Gasteiger partial charge in [0, 0.05) is 30.7 Å². The molecule has 1 N–H and O–H groups in total. The molecule has 7 nitrogen and oxygen atoms in total. The van der Waals surface area contributed by atoms with E-state index in [2.05, 4.69) is 15.2 Å². The molecule has 0 radical (unpaired) electrons. The van der Waals surface area contributed by atoms with E-state index in [1.807, 2.05) is 24.3 Å². The first-order chi connectivity index (χ1) is 12.7. The van der Waals surface area contributed by atoms with Gasteiger partial charge >= 0.3 is 0 Å². The first-order valence-corrected chi connectivity index (χ1v) is 8.74. The molecule has 2 aliphatic heterocycles. The third-order valence-corrected chi connectivity index (χ3v) is 4.58. The predicted octanol–water partition coefficient (Wildman–Crippen LogP) is 2.05. The molecule has 0 aliphatic carbocycles. The average Bonchev–Trinajstić information content (AvgIpc) is 3.19. The molecule has 26 heavy (non-hydrogen) atoms. The molecule has 134 valence electrons. The Labute approximate surface area is 151 Å². The highest BCUT2D eigenvalue weighted by molar-refractivity contribution is 6.04. The van der Waals surface area contributed by atoms with Gasteiger partial charge in [-0.1, -0.05) is 0 Å². The average molecular weight is 352 g/mol. The van der Waals surface area contributed by atoms with E-state index in [-0.39, 0.29) is 25.0 Å². The Morgan fingerprint density at radius 2 is 1.92 bits per heavy atom. The number of ether oxygens (including phenoxy) is 1. The molecule has 4 rings (SSSR count). The Balaban J connectivity index is 1.42. The van der Waals surface area contributed by atoms with Crippen LogP contribution < -0.4 is 19.9 Å². The number of hydrogen-bond donors (Lipinski definition) is 1. The van der Waals surface area contributed by atoms with Crippen LogP contribution in [-0.4, -0.2) is 43.0 Å². The van der Waals surface area contributed by atoms with Gasteiger partial charge in [-0.3, -0.25) is 14.5 Å². The van der Waals surface area contributed by atoms with E-state index < -0.39 is 0 Å². The van der Waals surface area contributed by atoms with Gasteiger partial charge in [-0.2, -0.15) is 0 Å². The fourth-order valence-electron chi connectivity index (χ4n) is 3.27. The normalized spacial score (nSPS) is 16.2. The molecule has 1 fully saturated rings. The summed E-state index contributed by atoms with van der Waals surface area (Å²) < 4.78 is 5.34. The fraction of sp³-hybridized carbons (Fsp3) is 0.316. The van der Waals surface area contributed by atoms with Gasteiger partial charge in [0.05, 0.1) is 0 Å². The van der Waals surface area contributed by atoms with E-state index in [1.54, 1.807) is 18.3 Å². The fourth-order valence-corrected chi connectivity index (χ4v) is 3.27. The summed E-state index contributed by atoms with van der Waals surface area (Å²) in [7, 11) is 0. The van der Waals surface area contributed by atoms with Crippen molar-refractivity contribution in [2.45, 2.75) is 12.8 Å². The van der Waals surface area contributed by atoms with Crippen molar-refractivity contribution in [3.05, 3.63) is 42.6 Å². The minimum absolute atomic E-state index is 0.0868. The van der Waals surface area contributed by atoms with Crippen molar-refractivity contribution in [2.75, 3.05) is 41.4 Å². The number of hydrogen-bond acceptors (Lipinski definition) is 5. The first kappa shape index (κ1) is 16.4. The zero-order valence-corrected chi connectivity index (χ0v) is 14.4. The van der Waals surface area contributed by atoms with Gasteiger partial charge < -0.3 is 15.0 Å². The smallest absolute Gasteiger partial charge is 0.266 e. The number of aromatic nitrogens is 1. The summed E-state index contributed by atoms with van der Waals surface area (Å²) in [6.07, 6.45) is 4.02. The Morgan fingerprint density at radius 1 is 1.15 bits per heavy atom. The Kier molecular flexibility index (Phi) is 4.43.